The first-order valence-electron chi connectivity index (χ1n) is 9.82. The van der Waals surface area contributed by atoms with Gasteiger partial charge in [-0.2, -0.15) is 0 Å². The average Bonchev–Trinajstić information content (AvgIpc) is 3.14. The summed E-state index contributed by atoms with van der Waals surface area (Å²) >= 11 is 0. The summed E-state index contributed by atoms with van der Waals surface area (Å²) in [5.41, 5.74) is 4.00. The van der Waals surface area contributed by atoms with Crippen LogP contribution in [0.2, 0.25) is 0 Å². The highest BCUT2D eigenvalue weighted by atomic mass is 16.5. The smallest absolute Gasteiger partial charge is 0.246 e. The summed E-state index contributed by atoms with van der Waals surface area (Å²) in [5, 5.41) is 23.4. The third-order valence-electron chi connectivity index (χ3n) is 6.06. The number of fused-ring (bicyclic) bond motifs is 3. The molecule has 2 amide bonds. The fourth-order valence-corrected chi connectivity index (χ4v) is 4.57. The van der Waals surface area contributed by atoms with Crippen molar-refractivity contribution in [2.75, 3.05) is 7.11 Å². The van der Waals surface area contributed by atoms with E-state index in [1.54, 1.807) is 0 Å². The minimum absolute atomic E-state index is 0.0317. The first-order chi connectivity index (χ1) is 14.5. The lowest BCUT2D eigenvalue weighted by atomic mass is 9.89. The molecule has 2 aromatic carbocycles. The number of carbonyl (C=O) groups is 2. The van der Waals surface area contributed by atoms with Crippen LogP contribution in [0.5, 0.6) is 17.2 Å². The number of amides is 2. The lowest BCUT2D eigenvalue weighted by Crippen LogP contribution is -2.65. The average molecular weight is 407 g/mol. The topological polar surface area (TPSA) is 111 Å². The van der Waals surface area contributed by atoms with Crippen LogP contribution in [0.25, 0.3) is 0 Å². The van der Waals surface area contributed by atoms with Crippen molar-refractivity contribution in [3.63, 3.8) is 0 Å². The Morgan fingerprint density at radius 1 is 1.23 bits per heavy atom. The van der Waals surface area contributed by atoms with Crippen LogP contribution < -0.4 is 10.1 Å². The Bertz CT molecular complexity index is 1110. The highest BCUT2D eigenvalue weighted by Gasteiger charge is 2.44. The molecule has 5 rings (SSSR count). The van der Waals surface area contributed by atoms with Crippen molar-refractivity contribution >= 4 is 23.2 Å². The number of carbonyl (C=O) groups excluding carboxylic acids is 2. The third-order valence-corrected chi connectivity index (χ3v) is 6.06. The maximum Gasteiger partial charge on any atom is 0.246 e. The Morgan fingerprint density at radius 2 is 2.03 bits per heavy atom. The molecule has 8 nitrogen and oxygen atoms in total. The number of benzene rings is 2. The van der Waals surface area contributed by atoms with Crippen molar-refractivity contribution in [3.05, 3.63) is 47.0 Å². The van der Waals surface area contributed by atoms with Crippen molar-refractivity contribution in [2.24, 2.45) is 4.99 Å². The third kappa shape index (κ3) is 2.79. The second-order valence-corrected chi connectivity index (χ2v) is 7.85. The molecule has 3 aliphatic rings. The number of methoxy groups -OCH3 is 1. The predicted octanol–water partition coefficient (Wildman–Crippen LogP) is 1.58. The molecule has 0 radical (unpaired) electrons. The second-order valence-electron chi connectivity index (χ2n) is 7.85. The van der Waals surface area contributed by atoms with Crippen molar-refractivity contribution in [3.8, 4) is 17.2 Å². The number of ether oxygens (including phenoxy) is 1. The summed E-state index contributed by atoms with van der Waals surface area (Å²) in [6.45, 7) is 0.0813. The van der Waals surface area contributed by atoms with E-state index >= 15 is 0 Å². The van der Waals surface area contributed by atoms with Gasteiger partial charge in [-0.1, -0.05) is 18.2 Å². The number of aliphatic imine (C=N–C) groups is 1. The van der Waals surface area contributed by atoms with E-state index in [4.69, 9.17) is 4.74 Å². The highest BCUT2D eigenvalue weighted by Crippen LogP contribution is 2.44. The van der Waals surface area contributed by atoms with Gasteiger partial charge in [-0.3, -0.25) is 14.6 Å². The molecule has 0 saturated carbocycles. The molecule has 3 N–H and O–H groups in total. The number of aromatic hydroxyl groups is 2. The molecule has 3 heterocycles. The number of hydrogen-bond donors (Lipinski definition) is 3. The Morgan fingerprint density at radius 3 is 2.80 bits per heavy atom. The van der Waals surface area contributed by atoms with Gasteiger partial charge in [0.05, 0.1) is 19.3 Å². The Labute approximate surface area is 172 Å². The van der Waals surface area contributed by atoms with E-state index in [-0.39, 0.29) is 42.0 Å². The molecule has 0 aliphatic carbocycles. The van der Waals surface area contributed by atoms with Crippen LogP contribution in [-0.2, 0) is 29.0 Å². The summed E-state index contributed by atoms with van der Waals surface area (Å²) in [6.07, 6.45) is 1.23. The zero-order valence-corrected chi connectivity index (χ0v) is 16.4. The molecule has 3 aliphatic heterocycles. The van der Waals surface area contributed by atoms with Gasteiger partial charge in [-0.15, -0.1) is 0 Å². The van der Waals surface area contributed by atoms with E-state index < -0.39 is 12.1 Å². The lowest BCUT2D eigenvalue weighted by Gasteiger charge is -2.42. The number of para-hydroxylation sites is 1. The number of rotatable bonds is 3. The summed E-state index contributed by atoms with van der Waals surface area (Å²) < 4.78 is 5.07. The van der Waals surface area contributed by atoms with Crippen molar-refractivity contribution < 1.29 is 24.5 Å². The van der Waals surface area contributed by atoms with Crippen LogP contribution in [0.15, 0.2) is 35.3 Å². The van der Waals surface area contributed by atoms with Crippen LogP contribution in [0.4, 0.5) is 5.69 Å². The van der Waals surface area contributed by atoms with E-state index in [9.17, 15) is 19.8 Å². The molecule has 154 valence electrons. The predicted molar refractivity (Wildman–Crippen MR) is 108 cm³/mol. The molecule has 1 fully saturated rings. The van der Waals surface area contributed by atoms with Crippen molar-refractivity contribution in [1.29, 1.82) is 0 Å². The normalized spacial score (nSPS) is 22.0. The van der Waals surface area contributed by atoms with Gasteiger partial charge in [-0.25, -0.2) is 0 Å². The molecule has 2 unspecified atom stereocenters. The molecule has 8 heteroatoms. The first kappa shape index (κ1) is 18.5. The highest BCUT2D eigenvalue weighted by molar-refractivity contribution is 6.02. The fourth-order valence-electron chi connectivity index (χ4n) is 4.57. The van der Waals surface area contributed by atoms with Gasteiger partial charge in [0, 0.05) is 30.5 Å². The number of phenols is 2. The van der Waals surface area contributed by atoms with E-state index in [1.807, 2.05) is 24.3 Å². The van der Waals surface area contributed by atoms with Gasteiger partial charge in [0.25, 0.3) is 0 Å². The largest absolute Gasteiger partial charge is 0.504 e. The summed E-state index contributed by atoms with van der Waals surface area (Å²) in [4.78, 5) is 32.1. The van der Waals surface area contributed by atoms with Crippen LogP contribution in [0.1, 0.15) is 23.1 Å². The number of nitrogens with one attached hydrogen (secondary N) is 1. The van der Waals surface area contributed by atoms with Crippen molar-refractivity contribution in [1.82, 2.24) is 10.2 Å². The Balaban J connectivity index is 1.40. The molecule has 1 saturated heterocycles. The minimum atomic E-state index is -0.690. The van der Waals surface area contributed by atoms with E-state index in [1.165, 1.54) is 18.1 Å². The molecule has 0 aromatic heterocycles. The van der Waals surface area contributed by atoms with Gasteiger partial charge < -0.3 is 25.2 Å². The summed E-state index contributed by atoms with van der Waals surface area (Å²) in [6, 6.07) is 7.95. The van der Waals surface area contributed by atoms with Crippen molar-refractivity contribution in [2.45, 2.75) is 37.9 Å². The van der Waals surface area contributed by atoms with E-state index in [0.29, 0.717) is 24.0 Å². The summed E-state index contributed by atoms with van der Waals surface area (Å²) in [7, 11) is 1.35. The first-order valence-corrected chi connectivity index (χ1v) is 9.82. The maximum absolute atomic E-state index is 13.2. The molecule has 0 spiro atoms. The fraction of sp³-hybridized carbons (Fsp3) is 0.318. The zero-order valence-electron chi connectivity index (χ0n) is 16.4. The number of piperazine rings is 1. The quantitative estimate of drug-likeness (QED) is 0.715. The SMILES string of the molecule is COc1c(O)cc2c(c1O)CN1C(=O)C(CC3=Nc4ccccc4C3)NC(=O)C1C2. The molecular formula is C22H21N3O5. The molecule has 2 aromatic rings. The maximum atomic E-state index is 13.2. The van der Waals surface area contributed by atoms with Gasteiger partial charge in [0.15, 0.2) is 11.5 Å². The van der Waals surface area contributed by atoms with E-state index in [2.05, 4.69) is 10.3 Å². The lowest BCUT2D eigenvalue weighted by molar-refractivity contribution is -0.150. The number of nitrogens with zero attached hydrogens (tertiary/aromatic N) is 2. The summed E-state index contributed by atoms with van der Waals surface area (Å²) in [5.74, 6) is -0.861. The van der Waals surface area contributed by atoms with Gasteiger partial charge >= 0.3 is 0 Å². The monoisotopic (exact) mass is 407 g/mol. The minimum Gasteiger partial charge on any atom is -0.504 e. The van der Waals surface area contributed by atoms with Crippen LogP contribution >= 0.6 is 0 Å². The van der Waals surface area contributed by atoms with Crippen LogP contribution in [-0.4, -0.2) is 51.8 Å². The number of phenolic OH excluding ortho intramolecular Hbond substituents is 2. The molecule has 2 atom stereocenters. The molecule has 0 bridgehead atoms. The Hall–Kier alpha value is -3.55. The van der Waals surface area contributed by atoms with Crippen LogP contribution in [0.3, 0.4) is 0 Å². The molecular weight excluding hydrogens is 386 g/mol. The van der Waals surface area contributed by atoms with Crippen LogP contribution in [0, 0.1) is 0 Å². The number of hydrogen-bond acceptors (Lipinski definition) is 6. The van der Waals surface area contributed by atoms with Gasteiger partial charge in [0.1, 0.15) is 12.1 Å². The standard InChI is InChI=1S/C22H21N3O5/c1-30-20-18(26)8-12-7-17-21(28)24-16(22(29)25(17)10-14(12)19(20)27)9-13-6-11-4-2-3-5-15(11)23-13/h2-5,8,16-17,26-27H,6-7,9-10H2,1H3,(H,24,28). The van der Waals surface area contributed by atoms with E-state index in [0.717, 1.165) is 17.0 Å². The Kier molecular flexibility index (Phi) is 4.16. The molecule has 30 heavy (non-hydrogen) atoms. The van der Waals surface area contributed by atoms with Gasteiger partial charge in [0.2, 0.25) is 17.6 Å². The zero-order chi connectivity index (χ0) is 21.0. The second kappa shape index (κ2) is 6.76. The van der Waals surface area contributed by atoms with Gasteiger partial charge in [-0.05, 0) is 23.3 Å².